The van der Waals surface area contributed by atoms with Gasteiger partial charge in [0, 0.05) is 9.86 Å². The maximum atomic E-state index is 12.2. The van der Waals surface area contributed by atoms with Crippen molar-refractivity contribution in [3.8, 4) is 0 Å². The Hall–Kier alpha value is -3.70. The summed E-state index contributed by atoms with van der Waals surface area (Å²) in [4.78, 5) is 12.2. The predicted octanol–water partition coefficient (Wildman–Crippen LogP) is 6.34. The Morgan fingerprint density at radius 2 is 1.22 bits per heavy atom. The highest BCUT2D eigenvalue weighted by Gasteiger charge is 2.41. The van der Waals surface area contributed by atoms with Crippen LogP contribution in [0.4, 0.5) is 0 Å². The SMILES string of the molecule is O=C(O)c1nn(C(c2ccccc2)(c2ccccc2)c2ccccc2)c2ccc(Br)cc12. The third kappa shape index (κ3) is 3.13. The minimum atomic E-state index is -1.06. The molecule has 0 amide bonds. The summed E-state index contributed by atoms with van der Waals surface area (Å²) in [5, 5.41) is 15.3. The van der Waals surface area contributed by atoms with Gasteiger partial charge in [0.1, 0.15) is 5.54 Å². The van der Waals surface area contributed by atoms with E-state index < -0.39 is 11.5 Å². The van der Waals surface area contributed by atoms with Crippen molar-refractivity contribution in [2.24, 2.45) is 0 Å². The van der Waals surface area contributed by atoms with E-state index in [1.54, 1.807) is 0 Å². The van der Waals surface area contributed by atoms with Gasteiger partial charge in [-0.25, -0.2) is 9.48 Å². The third-order valence-electron chi connectivity index (χ3n) is 5.74. The molecule has 0 bridgehead atoms. The van der Waals surface area contributed by atoms with Crippen LogP contribution in [0.5, 0.6) is 0 Å². The van der Waals surface area contributed by atoms with Crippen molar-refractivity contribution in [3.05, 3.63) is 136 Å². The number of benzene rings is 4. The molecule has 5 aromatic rings. The van der Waals surface area contributed by atoms with Crippen LogP contribution in [0.3, 0.4) is 0 Å². The Kier molecular flexibility index (Phi) is 5.11. The molecule has 0 spiro atoms. The largest absolute Gasteiger partial charge is 0.476 e. The lowest BCUT2D eigenvalue weighted by Gasteiger charge is -2.37. The average molecular weight is 483 g/mol. The first-order valence-corrected chi connectivity index (χ1v) is 11.0. The van der Waals surface area contributed by atoms with Crippen LogP contribution < -0.4 is 0 Å². The van der Waals surface area contributed by atoms with Crippen molar-refractivity contribution in [1.29, 1.82) is 0 Å². The zero-order chi connectivity index (χ0) is 22.1. The summed E-state index contributed by atoms with van der Waals surface area (Å²) >= 11 is 3.48. The monoisotopic (exact) mass is 482 g/mol. The minimum absolute atomic E-state index is 0.0217. The maximum Gasteiger partial charge on any atom is 0.357 e. The molecule has 0 atom stereocenters. The van der Waals surface area contributed by atoms with Gasteiger partial charge in [-0.2, -0.15) is 5.10 Å². The van der Waals surface area contributed by atoms with Crippen LogP contribution in [0.25, 0.3) is 10.9 Å². The van der Waals surface area contributed by atoms with Crippen molar-refractivity contribution in [2.75, 3.05) is 0 Å². The second-order valence-electron chi connectivity index (χ2n) is 7.54. The van der Waals surface area contributed by atoms with Gasteiger partial charge in [-0.15, -0.1) is 0 Å². The molecule has 1 N–H and O–H groups in total. The number of carboxylic acids is 1. The Labute approximate surface area is 193 Å². The molecular weight excluding hydrogens is 464 g/mol. The van der Waals surface area contributed by atoms with Crippen LogP contribution in [0.1, 0.15) is 27.2 Å². The molecule has 156 valence electrons. The number of aromatic nitrogens is 2. The van der Waals surface area contributed by atoms with Crippen molar-refractivity contribution in [2.45, 2.75) is 5.54 Å². The van der Waals surface area contributed by atoms with Crippen molar-refractivity contribution in [1.82, 2.24) is 9.78 Å². The number of hydrogen-bond acceptors (Lipinski definition) is 2. The Morgan fingerprint density at radius 3 is 1.66 bits per heavy atom. The fraction of sp³-hybridized carbons (Fsp3) is 0.0370. The number of carboxylic acid groups (broad SMARTS) is 1. The van der Waals surface area contributed by atoms with Gasteiger partial charge < -0.3 is 5.11 Å². The maximum absolute atomic E-state index is 12.2. The first-order chi connectivity index (χ1) is 15.6. The molecule has 5 rings (SSSR count). The van der Waals surface area contributed by atoms with E-state index >= 15 is 0 Å². The molecule has 0 aliphatic rings. The summed E-state index contributed by atoms with van der Waals surface area (Å²) in [5.74, 6) is -1.06. The Morgan fingerprint density at radius 1 is 0.750 bits per heavy atom. The number of fused-ring (bicyclic) bond motifs is 1. The zero-order valence-corrected chi connectivity index (χ0v) is 18.6. The molecular formula is C27H19BrN2O2. The van der Waals surface area contributed by atoms with E-state index in [4.69, 9.17) is 5.10 Å². The first-order valence-electron chi connectivity index (χ1n) is 10.2. The fourth-order valence-corrected chi connectivity index (χ4v) is 4.77. The van der Waals surface area contributed by atoms with Crippen LogP contribution in [-0.4, -0.2) is 20.9 Å². The van der Waals surface area contributed by atoms with Crippen molar-refractivity contribution < 1.29 is 9.90 Å². The molecule has 0 aliphatic carbocycles. The highest BCUT2D eigenvalue weighted by molar-refractivity contribution is 9.10. The molecule has 0 saturated carbocycles. The number of nitrogens with zero attached hydrogens (tertiary/aromatic N) is 2. The van der Waals surface area contributed by atoms with E-state index in [0.717, 1.165) is 26.7 Å². The number of carbonyl (C=O) groups is 1. The van der Waals surface area contributed by atoms with Crippen LogP contribution in [0.15, 0.2) is 114 Å². The van der Waals surface area contributed by atoms with Gasteiger partial charge in [-0.05, 0) is 34.9 Å². The number of rotatable bonds is 5. The molecule has 0 radical (unpaired) electrons. The topological polar surface area (TPSA) is 55.1 Å². The number of halogens is 1. The number of aromatic carboxylic acids is 1. The highest BCUT2D eigenvalue weighted by Crippen LogP contribution is 2.42. The van der Waals surface area contributed by atoms with Gasteiger partial charge in [-0.1, -0.05) is 107 Å². The molecule has 0 saturated heterocycles. The lowest BCUT2D eigenvalue weighted by atomic mass is 9.77. The van der Waals surface area contributed by atoms with E-state index in [1.807, 2.05) is 77.5 Å². The minimum Gasteiger partial charge on any atom is -0.476 e. The normalized spacial score (nSPS) is 11.5. The lowest BCUT2D eigenvalue weighted by Crippen LogP contribution is -2.38. The Bertz CT molecular complexity index is 1300. The molecule has 0 aliphatic heterocycles. The standard InChI is InChI=1S/C27H19BrN2O2/c28-22-16-17-24-23(18-22)25(26(31)32)29-30(24)27(19-10-4-1-5-11-19,20-12-6-2-7-13-20)21-14-8-3-9-15-21/h1-18H,(H,31,32). The van der Waals surface area contributed by atoms with Gasteiger partial charge in [-0.3, -0.25) is 0 Å². The second-order valence-corrected chi connectivity index (χ2v) is 8.45. The van der Waals surface area contributed by atoms with Crippen molar-refractivity contribution in [3.63, 3.8) is 0 Å². The van der Waals surface area contributed by atoms with Crippen molar-refractivity contribution >= 4 is 32.8 Å². The summed E-state index contributed by atoms with van der Waals surface area (Å²) in [6.45, 7) is 0. The van der Waals surface area contributed by atoms with Gasteiger partial charge in [0.15, 0.2) is 5.69 Å². The van der Waals surface area contributed by atoms with E-state index in [2.05, 4.69) is 52.3 Å². The molecule has 1 aromatic heterocycles. The predicted molar refractivity (Wildman–Crippen MR) is 129 cm³/mol. The highest BCUT2D eigenvalue weighted by atomic mass is 79.9. The third-order valence-corrected chi connectivity index (χ3v) is 6.23. The zero-order valence-electron chi connectivity index (χ0n) is 17.0. The lowest BCUT2D eigenvalue weighted by molar-refractivity contribution is 0.0691. The summed E-state index contributed by atoms with van der Waals surface area (Å²) in [6, 6.07) is 35.9. The van der Waals surface area contributed by atoms with Crippen LogP contribution in [-0.2, 0) is 5.54 Å². The second kappa shape index (κ2) is 8.09. The van der Waals surface area contributed by atoms with Crippen LogP contribution >= 0.6 is 15.9 Å². The summed E-state index contributed by atoms with van der Waals surface area (Å²) in [5.41, 5.74) is 2.85. The van der Waals surface area contributed by atoms with E-state index in [0.29, 0.717) is 5.39 Å². The van der Waals surface area contributed by atoms with Crippen LogP contribution in [0, 0.1) is 0 Å². The first kappa shape index (κ1) is 20.2. The number of hydrogen-bond donors (Lipinski definition) is 1. The smallest absolute Gasteiger partial charge is 0.357 e. The average Bonchev–Trinajstić information content (AvgIpc) is 3.21. The Balaban J connectivity index is 2.00. The molecule has 5 heteroatoms. The van der Waals surface area contributed by atoms with Gasteiger partial charge in [0.2, 0.25) is 0 Å². The summed E-state index contributed by atoms with van der Waals surface area (Å²) < 4.78 is 2.66. The molecule has 4 aromatic carbocycles. The van der Waals surface area contributed by atoms with E-state index in [9.17, 15) is 9.90 Å². The van der Waals surface area contributed by atoms with Gasteiger partial charge in [0.25, 0.3) is 0 Å². The quantitative estimate of drug-likeness (QED) is 0.297. The van der Waals surface area contributed by atoms with Gasteiger partial charge >= 0.3 is 5.97 Å². The summed E-state index contributed by atoms with van der Waals surface area (Å²) in [7, 11) is 0. The fourth-order valence-electron chi connectivity index (χ4n) is 4.41. The molecule has 32 heavy (non-hydrogen) atoms. The molecule has 1 heterocycles. The molecule has 4 nitrogen and oxygen atoms in total. The van der Waals surface area contributed by atoms with Crippen LogP contribution in [0.2, 0.25) is 0 Å². The van der Waals surface area contributed by atoms with Gasteiger partial charge in [0.05, 0.1) is 5.52 Å². The van der Waals surface area contributed by atoms with E-state index in [-0.39, 0.29) is 5.69 Å². The molecule has 0 unspecified atom stereocenters. The van der Waals surface area contributed by atoms with E-state index in [1.165, 1.54) is 0 Å². The molecule has 0 fully saturated rings. The summed E-state index contributed by atoms with van der Waals surface area (Å²) in [6.07, 6.45) is 0.